The minimum absolute atomic E-state index is 0.293. The maximum atomic E-state index is 14.1. The number of aromatic amines is 1. The smallest absolute Gasteiger partial charge is 0.258 e. The molecule has 0 spiro atoms. The number of carbonyl (C=O) groups excluding carboxylic acids is 1. The van der Waals surface area contributed by atoms with Gasteiger partial charge < -0.3 is 10.3 Å². The van der Waals surface area contributed by atoms with Gasteiger partial charge in [-0.25, -0.2) is 22.9 Å². The lowest BCUT2D eigenvalue weighted by Crippen LogP contribution is -2.16. The van der Waals surface area contributed by atoms with Gasteiger partial charge in [-0.1, -0.05) is 12.1 Å². The van der Waals surface area contributed by atoms with Crippen LogP contribution in [0.4, 0.5) is 10.1 Å². The molecule has 0 atom stereocenters. The summed E-state index contributed by atoms with van der Waals surface area (Å²) in [6.45, 7) is 0. The molecule has 0 radical (unpaired) electrons. The topological polar surface area (TPSA) is 118 Å². The van der Waals surface area contributed by atoms with Crippen LogP contribution in [0.3, 0.4) is 0 Å². The Kier molecular flexibility index (Phi) is 4.61. The van der Waals surface area contributed by atoms with Gasteiger partial charge in [-0.05, 0) is 54.6 Å². The van der Waals surface area contributed by atoms with Crippen molar-refractivity contribution in [3.05, 3.63) is 78.1 Å². The molecule has 3 aromatic carbocycles. The number of primary sulfonamides is 1. The molecule has 29 heavy (non-hydrogen) atoms. The minimum atomic E-state index is -4.05. The minimum Gasteiger partial charge on any atom is -0.338 e. The Morgan fingerprint density at radius 2 is 1.76 bits per heavy atom. The van der Waals surface area contributed by atoms with E-state index in [9.17, 15) is 17.6 Å². The predicted octanol–water partition coefficient (Wildman–Crippen LogP) is 3.27. The number of aromatic nitrogens is 2. The molecule has 0 bridgehead atoms. The van der Waals surface area contributed by atoms with Crippen molar-refractivity contribution in [2.24, 2.45) is 5.14 Å². The quantitative estimate of drug-likeness (QED) is 0.478. The molecular formula is C20H15FN4O3S. The molecule has 146 valence electrons. The Hall–Kier alpha value is -3.56. The van der Waals surface area contributed by atoms with Crippen LogP contribution in [0, 0.1) is 5.82 Å². The van der Waals surface area contributed by atoms with Gasteiger partial charge in [0.05, 0.1) is 21.5 Å². The summed E-state index contributed by atoms with van der Waals surface area (Å²) < 4.78 is 36.7. The zero-order valence-corrected chi connectivity index (χ0v) is 15.7. The summed E-state index contributed by atoms with van der Waals surface area (Å²) in [4.78, 5) is 19.6. The summed E-state index contributed by atoms with van der Waals surface area (Å²) in [5.74, 6) is -0.999. The molecule has 1 aromatic heterocycles. The summed E-state index contributed by atoms with van der Waals surface area (Å²) in [7, 11) is -4.05. The number of nitrogens with one attached hydrogen (secondary N) is 2. The van der Waals surface area contributed by atoms with Crippen molar-refractivity contribution >= 4 is 32.7 Å². The van der Waals surface area contributed by atoms with E-state index < -0.39 is 26.6 Å². The van der Waals surface area contributed by atoms with Crippen molar-refractivity contribution in [2.45, 2.75) is 4.90 Å². The number of para-hydroxylation sites is 2. The fourth-order valence-corrected chi connectivity index (χ4v) is 3.38. The molecule has 7 nitrogen and oxygen atoms in total. The van der Waals surface area contributed by atoms with Gasteiger partial charge in [0.1, 0.15) is 11.6 Å². The van der Waals surface area contributed by atoms with E-state index in [1.165, 1.54) is 0 Å². The molecule has 0 unspecified atom stereocenters. The molecule has 0 saturated carbocycles. The van der Waals surface area contributed by atoms with E-state index in [1.807, 2.05) is 24.3 Å². The molecular weight excluding hydrogens is 395 g/mol. The Bertz CT molecular complexity index is 1300. The number of sulfonamides is 1. The maximum Gasteiger partial charge on any atom is 0.258 e. The molecule has 1 amide bonds. The summed E-state index contributed by atoms with van der Waals surface area (Å²) in [6, 6.07) is 17.4. The number of hydrogen-bond acceptors (Lipinski definition) is 4. The lowest BCUT2D eigenvalue weighted by molar-refractivity contribution is 0.102. The number of benzene rings is 3. The number of nitrogens with zero attached hydrogens (tertiary/aromatic N) is 1. The number of carbonyl (C=O) groups is 1. The van der Waals surface area contributed by atoms with Gasteiger partial charge in [0.15, 0.2) is 0 Å². The van der Waals surface area contributed by atoms with E-state index in [2.05, 4.69) is 15.3 Å². The second-order valence-corrected chi connectivity index (χ2v) is 7.88. The third kappa shape index (κ3) is 3.86. The predicted molar refractivity (Wildman–Crippen MR) is 107 cm³/mol. The molecule has 0 fully saturated rings. The Morgan fingerprint density at radius 1 is 1.03 bits per heavy atom. The van der Waals surface area contributed by atoms with Crippen LogP contribution < -0.4 is 10.5 Å². The highest BCUT2D eigenvalue weighted by molar-refractivity contribution is 7.89. The molecule has 4 N–H and O–H groups in total. The number of nitrogens with two attached hydrogens (primary N) is 1. The highest BCUT2D eigenvalue weighted by Gasteiger charge is 2.16. The first-order chi connectivity index (χ1) is 13.8. The molecule has 4 rings (SSSR count). The van der Waals surface area contributed by atoms with Gasteiger partial charge in [0.25, 0.3) is 5.91 Å². The number of hydrogen-bond donors (Lipinski definition) is 3. The Morgan fingerprint density at radius 3 is 2.41 bits per heavy atom. The first kappa shape index (κ1) is 18.8. The van der Waals surface area contributed by atoms with Gasteiger partial charge in [-0.2, -0.15) is 0 Å². The number of imidazole rings is 1. The lowest BCUT2D eigenvalue weighted by Gasteiger charge is -2.08. The van der Waals surface area contributed by atoms with Crippen LogP contribution >= 0.6 is 0 Å². The van der Waals surface area contributed by atoms with Crippen molar-refractivity contribution in [2.75, 3.05) is 5.32 Å². The fourth-order valence-electron chi connectivity index (χ4n) is 2.86. The second-order valence-electron chi connectivity index (χ2n) is 6.32. The van der Waals surface area contributed by atoms with Crippen molar-refractivity contribution < 1.29 is 17.6 Å². The first-order valence-electron chi connectivity index (χ1n) is 8.50. The second kappa shape index (κ2) is 7.12. The number of rotatable bonds is 4. The summed E-state index contributed by atoms with van der Waals surface area (Å²) in [5, 5.41) is 7.53. The van der Waals surface area contributed by atoms with Gasteiger partial charge in [0.2, 0.25) is 10.0 Å². The monoisotopic (exact) mass is 410 g/mol. The molecule has 0 aliphatic rings. The standard InChI is InChI=1S/C20H15FN4O3S/c21-16-11-14(29(22,27)28)9-10-15(16)20(26)23-13-7-5-12(6-8-13)19-24-17-3-1-2-4-18(17)25-19/h1-11H,(H,23,26)(H,24,25)(H2,22,27,28). The number of halogens is 1. The van der Waals surface area contributed by atoms with E-state index in [0.29, 0.717) is 11.5 Å². The first-order valence-corrected chi connectivity index (χ1v) is 10.0. The average Bonchev–Trinajstić information content (AvgIpc) is 3.12. The summed E-state index contributed by atoms with van der Waals surface area (Å²) in [6.07, 6.45) is 0. The van der Waals surface area contributed by atoms with Crippen molar-refractivity contribution in [1.82, 2.24) is 9.97 Å². The SMILES string of the molecule is NS(=O)(=O)c1ccc(C(=O)Nc2ccc(-c3nc4ccccc4[nH]3)cc2)c(F)c1. The van der Waals surface area contributed by atoms with Crippen LogP contribution in [0.5, 0.6) is 0 Å². The largest absolute Gasteiger partial charge is 0.338 e. The zero-order chi connectivity index (χ0) is 20.6. The number of anilines is 1. The van der Waals surface area contributed by atoms with Crippen LogP contribution in [-0.2, 0) is 10.0 Å². The van der Waals surface area contributed by atoms with Crippen LogP contribution in [0.1, 0.15) is 10.4 Å². The van der Waals surface area contributed by atoms with E-state index in [4.69, 9.17) is 5.14 Å². The average molecular weight is 410 g/mol. The highest BCUT2D eigenvalue weighted by atomic mass is 32.2. The highest BCUT2D eigenvalue weighted by Crippen LogP contribution is 2.22. The summed E-state index contributed by atoms with van der Waals surface area (Å²) in [5.41, 5.74) is 2.74. The zero-order valence-electron chi connectivity index (χ0n) is 14.9. The van der Waals surface area contributed by atoms with Gasteiger partial charge in [-0.3, -0.25) is 4.79 Å². The Balaban J connectivity index is 1.53. The maximum absolute atomic E-state index is 14.1. The van der Waals surface area contributed by atoms with Gasteiger partial charge in [-0.15, -0.1) is 0 Å². The van der Waals surface area contributed by atoms with Crippen LogP contribution in [0.25, 0.3) is 22.4 Å². The van der Waals surface area contributed by atoms with Crippen LogP contribution in [0.15, 0.2) is 71.6 Å². The van der Waals surface area contributed by atoms with Crippen molar-refractivity contribution in [3.8, 4) is 11.4 Å². The fraction of sp³-hybridized carbons (Fsp3) is 0. The number of H-pyrrole nitrogens is 1. The van der Waals surface area contributed by atoms with E-state index in [0.717, 1.165) is 34.8 Å². The molecule has 0 aliphatic heterocycles. The summed E-state index contributed by atoms with van der Waals surface area (Å²) >= 11 is 0. The van der Waals surface area contributed by atoms with Crippen molar-refractivity contribution in [1.29, 1.82) is 0 Å². The number of fused-ring (bicyclic) bond motifs is 1. The number of amides is 1. The third-order valence-electron chi connectivity index (χ3n) is 4.32. The van der Waals surface area contributed by atoms with Crippen molar-refractivity contribution in [3.63, 3.8) is 0 Å². The Labute approximate surface area is 165 Å². The molecule has 9 heteroatoms. The molecule has 0 saturated heterocycles. The van der Waals surface area contributed by atoms with Gasteiger partial charge in [0, 0.05) is 11.3 Å². The van der Waals surface area contributed by atoms with E-state index in [1.54, 1.807) is 24.3 Å². The molecule has 1 heterocycles. The normalized spacial score (nSPS) is 11.5. The van der Waals surface area contributed by atoms with E-state index in [-0.39, 0.29) is 5.56 Å². The third-order valence-corrected chi connectivity index (χ3v) is 5.23. The van der Waals surface area contributed by atoms with E-state index >= 15 is 0 Å². The molecule has 0 aliphatic carbocycles. The van der Waals surface area contributed by atoms with Crippen LogP contribution in [0.2, 0.25) is 0 Å². The lowest BCUT2D eigenvalue weighted by atomic mass is 10.1. The van der Waals surface area contributed by atoms with Gasteiger partial charge >= 0.3 is 0 Å². The molecule has 4 aromatic rings. The van der Waals surface area contributed by atoms with Crippen LogP contribution in [-0.4, -0.2) is 24.3 Å².